The van der Waals surface area contributed by atoms with Gasteiger partial charge >= 0.3 is 5.97 Å². The Morgan fingerprint density at radius 2 is 2.29 bits per heavy atom. The minimum atomic E-state index is -3.29. The van der Waals surface area contributed by atoms with Crippen LogP contribution in [0.4, 0.5) is 0 Å². The van der Waals surface area contributed by atoms with Crippen molar-refractivity contribution >= 4 is 16.0 Å². The van der Waals surface area contributed by atoms with E-state index in [-0.39, 0.29) is 18.2 Å². The van der Waals surface area contributed by atoms with E-state index in [1.165, 1.54) is 11.4 Å². The molecule has 0 radical (unpaired) electrons. The predicted molar refractivity (Wildman–Crippen MR) is 57.6 cm³/mol. The lowest BCUT2D eigenvalue weighted by atomic mass is 9.92. The van der Waals surface area contributed by atoms with Gasteiger partial charge in [-0.2, -0.15) is 4.31 Å². The Balaban J connectivity index is 1.93. The molecule has 3 rings (SSSR count). The summed E-state index contributed by atoms with van der Waals surface area (Å²) in [6.07, 6.45) is 0.302. The second-order valence-electron chi connectivity index (χ2n) is 4.57. The SMILES string of the molecule is C=CC(=O)OC1C2CC3C(O2)C1N(C)S3(=O)=O. The van der Waals surface area contributed by atoms with Gasteiger partial charge in [-0.3, -0.25) is 0 Å². The highest BCUT2D eigenvalue weighted by atomic mass is 32.2. The van der Waals surface area contributed by atoms with Crippen LogP contribution in [0.5, 0.6) is 0 Å². The molecule has 0 aromatic rings. The number of sulfonamides is 1. The molecule has 0 aliphatic carbocycles. The van der Waals surface area contributed by atoms with Gasteiger partial charge in [0.1, 0.15) is 11.4 Å². The number of carbonyl (C=O) groups excluding carboxylic acids is 1. The van der Waals surface area contributed by atoms with Crippen LogP contribution in [0.2, 0.25) is 0 Å². The molecule has 0 aromatic heterocycles. The highest BCUT2D eigenvalue weighted by Crippen LogP contribution is 2.48. The van der Waals surface area contributed by atoms with Gasteiger partial charge in [0.05, 0.1) is 18.2 Å². The number of nitrogens with zero attached hydrogens (tertiary/aromatic N) is 1. The maximum absolute atomic E-state index is 12.0. The minimum Gasteiger partial charge on any atom is -0.455 e. The van der Waals surface area contributed by atoms with E-state index in [1.807, 2.05) is 0 Å². The predicted octanol–water partition coefficient (Wildman–Crippen LogP) is -0.732. The van der Waals surface area contributed by atoms with Crippen molar-refractivity contribution < 1.29 is 22.7 Å². The molecular formula is C10H13NO5S. The lowest BCUT2D eigenvalue weighted by Gasteiger charge is -2.25. The van der Waals surface area contributed by atoms with E-state index >= 15 is 0 Å². The highest BCUT2D eigenvalue weighted by Gasteiger charge is 2.68. The van der Waals surface area contributed by atoms with Crippen LogP contribution in [0.1, 0.15) is 6.42 Å². The van der Waals surface area contributed by atoms with Gasteiger partial charge in [0.25, 0.3) is 0 Å². The fourth-order valence-corrected chi connectivity index (χ4v) is 5.05. The molecule has 2 bridgehead atoms. The van der Waals surface area contributed by atoms with Crippen LogP contribution in [0.15, 0.2) is 12.7 Å². The Morgan fingerprint density at radius 1 is 1.59 bits per heavy atom. The second kappa shape index (κ2) is 3.30. The highest BCUT2D eigenvalue weighted by molar-refractivity contribution is 7.90. The number of ether oxygens (including phenoxy) is 2. The number of carbonyl (C=O) groups is 1. The molecule has 5 unspecified atom stereocenters. The third-order valence-corrected chi connectivity index (χ3v) is 6.10. The van der Waals surface area contributed by atoms with Crippen molar-refractivity contribution in [2.75, 3.05) is 7.05 Å². The van der Waals surface area contributed by atoms with Gasteiger partial charge in [-0.25, -0.2) is 13.2 Å². The van der Waals surface area contributed by atoms with Gasteiger partial charge in [0.2, 0.25) is 10.0 Å². The van der Waals surface area contributed by atoms with E-state index in [9.17, 15) is 13.2 Å². The summed E-state index contributed by atoms with van der Waals surface area (Å²) in [7, 11) is -1.78. The monoisotopic (exact) mass is 259 g/mol. The second-order valence-corrected chi connectivity index (χ2v) is 6.78. The van der Waals surface area contributed by atoms with Gasteiger partial charge in [-0.15, -0.1) is 0 Å². The number of likely N-dealkylation sites (N-methyl/N-ethyl adjacent to an activating group) is 1. The van der Waals surface area contributed by atoms with Crippen molar-refractivity contribution in [2.24, 2.45) is 0 Å². The first-order valence-corrected chi connectivity index (χ1v) is 6.92. The molecule has 3 saturated heterocycles. The van der Waals surface area contributed by atoms with Crippen molar-refractivity contribution in [3.63, 3.8) is 0 Å². The van der Waals surface area contributed by atoms with Gasteiger partial charge in [-0.1, -0.05) is 6.58 Å². The zero-order valence-electron chi connectivity index (χ0n) is 9.28. The summed E-state index contributed by atoms with van der Waals surface area (Å²) >= 11 is 0. The summed E-state index contributed by atoms with van der Waals surface area (Å²) in [5, 5.41) is -0.471. The summed E-state index contributed by atoms with van der Waals surface area (Å²) in [4.78, 5) is 11.2. The Hall–Kier alpha value is -0.920. The molecule has 0 amide bonds. The van der Waals surface area contributed by atoms with E-state index in [4.69, 9.17) is 9.47 Å². The first-order valence-electron chi connectivity index (χ1n) is 5.42. The van der Waals surface area contributed by atoms with E-state index in [0.717, 1.165) is 6.08 Å². The summed E-state index contributed by atoms with van der Waals surface area (Å²) in [6.45, 7) is 3.33. The molecule has 3 heterocycles. The van der Waals surface area contributed by atoms with Gasteiger partial charge in [-0.05, 0) is 6.42 Å². The molecule has 5 atom stereocenters. The van der Waals surface area contributed by atoms with Crippen molar-refractivity contribution in [1.29, 1.82) is 0 Å². The van der Waals surface area contributed by atoms with Gasteiger partial charge in [0.15, 0.2) is 0 Å². The van der Waals surface area contributed by atoms with Crippen LogP contribution in [-0.4, -0.2) is 55.3 Å². The molecule has 0 aromatic carbocycles. The summed E-state index contributed by atoms with van der Waals surface area (Å²) in [5.41, 5.74) is 0. The molecule has 0 spiro atoms. The molecule has 3 aliphatic heterocycles. The molecule has 3 fully saturated rings. The lowest BCUT2D eigenvalue weighted by Crippen LogP contribution is -2.45. The molecule has 0 saturated carbocycles. The van der Waals surface area contributed by atoms with Crippen LogP contribution in [-0.2, 0) is 24.3 Å². The molecule has 94 valence electrons. The van der Waals surface area contributed by atoms with Crippen molar-refractivity contribution in [3.05, 3.63) is 12.7 Å². The maximum atomic E-state index is 12.0. The largest absolute Gasteiger partial charge is 0.455 e. The third kappa shape index (κ3) is 1.27. The van der Waals surface area contributed by atoms with Crippen LogP contribution in [0.25, 0.3) is 0 Å². The number of hydrogen-bond acceptors (Lipinski definition) is 5. The van der Waals surface area contributed by atoms with E-state index in [0.29, 0.717) is 6.42 Å². The number of esters is 1. The lowest BCUT2D eigenvalue weighted by molar-refractivity contribution is -0.146. The Kier molecular flexibility index (Phi) is 2.17. The first-order chi connectivity index (χ1) is 7.96. The summed E-state index contributed by atoms with van der Waals surface area (Å²) in [5.74, 6) is -0.541. The fourth-order valence-electron chi connectivity index (χ4n) is 3.04. The maximum Gasteiger partial charge on any atom is 0.330 e. The topological polar surface area (TPSA) is 72.9 Å². The fraction of sp³-hybridized carbons (Fsp3) is 0.700. The van der Waals surface area contributed by atoms with Crippen LogP contribution >= 0.6 is 0 Å². The average molecular weight is 259 g/mol. The number of hydrogen-bond donors (Lipinski definition) is 0. The molecule has 7 heteroatoms. The molecule has 17 heavy (non-hydrogen) atoms. The van der Waals surface area contributed by atoms with Crippen molar-refractivity contribution in [3.8, 4) is 0 Å². The Labute approximate surface area is 99.2 Å². The van der Waals surface area contributed by atoms with E-state index < -0.39 is 27.3 Å². The quantitative estimate of drug-likeness (QED) is 0.483. The Bertz CT molecular complexity index is 487. The number of fused-ring (bicyclic) bond motifs is 1. The van der Waals surface area contributed by atoms with Crippen LogP contribution < -0.4 is 0 Å². The molecule has 0 N–H and O–H groups in total. The summed E-state index contributed by atoms with van der Waals surface area (Å²) < 4.78 is 36.1. The standard InChI is InChI=1S/C10H13NO5S/c1-3-7(12)16-9-5-4-6-10(15-5)8(9)11(2)17(6,13)14/h3,5-6,8-10H,1,4H2,2H3. The third-order valence-electron chi connectivity index (χ3n) is 3.83. The first kappa shape index (κ1) is 11.2. The zero-order valence-corrected chi connectivity index (χ0v) is 10.1. The molecule has 6 nitrogen and oxygen atoms in total. The van der Waals surface area contributed by atoms with E-state index in [1.54, 1.807) is 0 Å². The summed E-state index contributed by atoms with van der Waals surface area (Å²) in [6, 6.07) is -0.382. The van der Waals surface area contributed by atoms with Crippen molar-refractivity contribution in [2.45, 2.75) is 36.0 Å². The van der Waals surface area contributed by atoms with Crippen LogP contribution in [0, 0.1) is 0 Å². The van der Waals surface area contributed by atoms with E-state index in [2.05, 4.69) is 6.58 Å². The minimum absolute atomic E-state index is 0.307. The van der Waals surface area contributed by atoms with Crippen LogP contribution in [0.3, 0.4) is 0 Å². The molecule has 3 aliphatic rings. The van der Waals surface area contributed by atoms with Gasteiger partial charge < -0.3 is 9.47 Å². The zero-order chi connectivity index (χ0) is 12.4. The van der Waals surface area contributed by atoms with Gasteiger partial charge in [0, 0.05) is 13.1 Å². The molecular weight excluding hydrogens is 246 g/mol. The Morgan fingerprint density at radius 3 is 2.94 bits per heavy atom. The average Bonchev–Trinajstić information content (AvgIpc) is 2.88. The normalized spacial score (nSPS) is 46.1. The smallest absolute Gasteiger partial charge is 0.330 e. The number of rotatable bonds is 2. The van der Waals surface area contributed by atoms with Crippen molar-refractivity contribution in [1.82, 2.24) is 4.31 Å².